The summed E-state index contributed by atoms with van der Waals surface area (Å²) in [6, 6.07) is 13.1. The second kappa shape index (κ2) is 11.6. The average Bonchev–Trinajstić information content (AvgIpc) is 2.79. The lowest BCUT2D eigenvalue weighted by Gasteiger charge is -2.29. The fraction of sp³-hybridized carbons (Fsp3) is 0.500. The highest BCUT2D eigenvalue weighted by Crippen LogP contribution is 2.18. The lowest BCUT2D eigenvalue weighted by Crippen LogP contribution is -2.39. The maximum Gasteiger partial charge on any atom is 0.191 e. The third-order valence-corrected chi connectivity index (χ3v) is 5.43. The fourth-order valence-electron chi connectivity index (χ4n) is 3.60. The van der Waals surface area contributed by atoms with E-state index in [4.69, 9.17) is 4.74 Å². The molecule has 1 fully saturated rings. The first-order valence-corrected chi connectivity index (χ1v) is 11.0. The van der Waals surface area contributed by atoms with E-state index in [9.17, 15) is 0 Å². The third kappa shape index (κ3) is 6.46. The van der Waals surface area contributed by atoms with Gasteiger partial charge >= 0.3 is 0 Å². The standard InChI is InChI=1S/C24H35N5O/c1-19(2)21-10-8-20(9-11-21)6-4-13-27-24(25-3)28-18-22-7-5-12-26-23(22)29-14-16-30-17-15-29/h5,7-12,19H,4,6,13-18H2,1-3H3,(H2,25,27,28). The summed E-state index contributed by atoms with van der Waals surface area (Å²) >= 11 is 0. The van der Waals surface area contributed by atoms with Crippen molar-refractivity contribution in [2.45, 2.75) is 39.2 Å². The summed E-state index contributed by atoms with van der Waals surface area (Å²) in [5.74, 6) is 2.44. The first kappa shape index (κ1) is 22.1. The van der Waals surface area contributed by atoms with Crippen molar-refractivity contribution < 1.29 is 4.74 Å². The van der Waals surface area contributed by atoms with Crippen molar-refractivity contribution >= 4 is 11.8 Å². The number of nitrogens with one attached hydrogen (secondary N) is 2. The molecule has 0 atom stereocenters. The molecule has 2 heterocycles. The van der Waals surface area contributed by atoms with Gasteiger partial charge in [-0.3, -0.25) is 4.99 Å². The first-order valence-electron chi connectivity index (χ1n) is 11.0. The van der Waals surface area contributed by atoms with Crippen molar-refractivity contribution in [1.82, 2.24) is 15.6 Å². The summed E-state index contributed by atoms with van der Waals surface area (Å²) in [4.78, 5) is 11.3. The highest BCUT2D eigenvalue weighted by atomic mass is 16.5. The minimum atomic E-state index is 0.582. The predicted molar refractivity (Wildman–Crippen MR) is 124 cm³/mol. The summed E-state index contributed by atoms with van der Waals surface area (Å²) in [6.07, 6.45) is 3.98. The van der Waals surface area contributed by atoms with E-state index in [0.717, 1.165) is 57.5 Å². The van der Waals surface area contributed by atoms with E-state index in [-0.39, 0.29) is 0 Å². The zero-order chi connectivity index (χ0) is 21.2. The Morgan fingerprint density at radius 2 is 1.90 bits per heavy atom. The van der Waals surface area contributed by atoms with Crippen LogP contribution in [0.25, 0.3) is 0 Å². The minimum Gasteiger partial charge on any atom is -0.378 e. The van der Waals surface area contributed by atoms with Gasteiger partial charge in [0.15, 0.2) is 5.96 Å². The summed E-state index contributed by atoms with van der Waals surface area (Å²) in [5, 5.41) is 6.85. The first-order chi connectivity index (χ1) is 14.7. The van der Waals surface area contributed by atoms with Crippen LogP contribution in [0.1, 0.15) is 42.9 Å². The topological polar surface area (TPSA) is 61.8 Å². The molecule has 2 N–H and O–H groups in total. The Labute approximate surface area is 180 Å². The molecule has 0 amide bonds. The molecule has 1 aliphatic rings. The van der Waals surface area contributed by atoms with Crippen molar-refractivity contribution in [3.05, 3.63) is 59.3 Å². The van der Waals surface area contributed by atoms with E-state index in [0.29, 0.717) is 12.5 Å². The van der Waals surface area contributed by atoms with Crippen LogP contribution in [0.15, 0.2) is 47.6 Å². The van der Waals surface area contributed by atoms with E-state index in [1.54, 1.807) is 0 Å². The van der Waals surface area contributed by atoms with Crippen molar-refractivity contribution in [2.75, 3.05) is 44.8 Å². The molecule has 6 nitrogen and oxygen atoms in total. The number of morpholine rings is 1. The van der Waals surface area contributed by atoms with Gasteiger partial charge in [-0.25, -0.2) is 4.98 Å². The quantitative estimate of drug-likeness (QED) is 0.398. The number of ether oxygens (including phenoxy) is 1. The number of nitrogens with zero attached hydrogens (tertiary/aromatic N) is 3. The van der Waals surface area contributed by atoms with Crippen LogP contribution < -0.4 is 15.5 Å². The molecule has 0 spiro atoms. The molecule has 30 heavy (non-hydrogen) atoms. The highest BCUT2D eigenvalue weighted by molar-refractivity contribution is 5.79. The molecule has 1 aliphatic heterocycles. The number of aromatic nitrogens is 1. The average molecular weight is 410 g/mol. The van der Waals surface area contributed by atoms with Crippen LogP contribution in [0.5, 0.6) is 0 Å². The Kier molecular flexibility index (Phi) is 8.51. The molecule has 3 rings (SSSR count). The monoisotopic (exact) mass is 409 g/mol. The summed E-state index contributed by atoms with van der Waals surface area (Å²) in [5.41, 5.74) is 3.95. The van der Waals surface area contributed by atoms with Crippen molar-refractivity contribution in [2.24, 2.45) is 4.99 Å². The number of pyridine rings is 1. The molecule has 1 aromatic carbocycles. The van der Waals surface area contributed by atoms with Gasteiger partial charge in [0.2, 0.25) is 0 Å². The van der Waals surface area contributed by atoms with E-state index in [1.807, 2.05) is 19.3 Å². The fourth-order valence-corrected chi connectivity index (χ4v) is 3.60. The lowest BCUT2D eigenvalue weighted by molar-refractivity contribution is 0.122. The van der Waals surface area contributed by atoms with Gasteiger partial charge in [0, 0.05) is 45.0 Å². The number of rotatable bonds is 8. The predicted octanol–water partition coefficient (Wildman–Crippen LogP) is 3.34. The maximum absolute atomic E-state index is 5.47. The van der Waals surface area contributed by atoms with Crippen LogP contribution in [0.3, 0.4) is 0 Å². The van der Waals surface area contributed by atoms with Gasteiger partial charge in [-0.15, -0.1) is 0 Å². The van der Waals surface area contributed by atoms with Gasteiger partial charge in [0.05, 0.1) is 13.2 Å². The zero-order valence-corrected chi connectivity index (χ0v) is 18.5. The number of anilines is 1. The van der Waals surface area contributed by atoms with Crippen LogP contribution in [-0.2, 0) is 17.7 Å². The normalized spacial score (nSPS) is 14.8. The molecular formula is C24H35N5O. The number of benzene rings is 1. The number of guanidine groups is 1. The van der Waals surface area contributed by atoms with E-state index < -0.39 is 0 Å². The Hall–Kier alpha value is -2.60. The molecule has 1 aromatic heterocycles. The van der Waals surface area contributed by atoms with E-state index >= 15 is 0 Å². The highest BCUT2D eigenvalue weighted by Gasteiger charge is 2.15. The molecule has 6 heteroatoms. The smallest absolute Gasteiger partial charge is 0.191 e. The van der Waals surface area contributed by atoms with E-state index in [2.05, 4.69) is 69.7 Å². The number of hydrogen-bond acceptors (Lipinski definition) is 4. The molecule has 0 saturated carbocycles. The molecular weight excluding hydrogens is 374 g/mol. The van der Waals surface area contributed by atoms with Crippen molar-refractivity contribution in [1.29, 1.82) is 0 Å². The Balaban J connectivity index is 1.44. The molecule has 0 aliphatic carbocycles. The summed E-state index contributed by atoms with van der Waals surface area (Å²) in [7, 11) is 1.81. The largest absolute Gasteiger partial charge is 0.378 e. The van der Waals surface area contributed by atoms with E-state index in [1.165, 1.54) is 16.7 Å². The SMILES string of the molecule is CN=C(NCCCc1ccc(C(C)C)cc1)NCc1cccnc1N1CCOCC1. The minimum absolute atomic E-state index is 0.582. The van der Waals surface area contributed by atoms with Crippen LogP contribution in [0.4, 0.5) is 5.82 Å². The van der Waals surface area contributed by atoms with Crippen LogP contribution in [0.2, 0.25) is 0 Å². The number of aryl methyl sites for hydroxylation is 1. The number of aliphatic imine (C=N–C) groups is 1. The van der Waals surface area contributed by atoms with Crippen LogP contribution in [0, 0.1) is 0 Å². The zero-order valence-electron chi connectivity index (χ0n) is 18.5. The van der Waals surface area contributed by atoms with Gasteiger partial charge < -0.3 is 20.3 Å². The maximum atomic E-state index is 5.47. The van der Waals surface area contributed by atoms with Gasteiger partial charge in [0.1, 0.15) is 5.82 Å². The van der Waals surface area contributed by atoms with Crippen LogP contribution in [-0.4, -0.2) is 50.8 Å². The van der Waals surface area contributed by atoms with Gasteiger partial charge in [-0.2, -0.15) is 0 Å². The Morgan fingerprint density at radius 3 is 2.60 bits per heavy atom. The third-order valence-electron chi connectivity index (χ3n) is 5.43. The molecule has 0 radical (unpaired) electrons. The molecule has 1 saturated heterocycles. The molecule has 0 bridgehead atoms. The number of hydrogen-bond donors (Lipinski definition) is 2. The van der Waals surface area contributed by atoms with Gasteiger partial charge in [0.25, 0.3) is 0 Å². The molecule has 162 valence electrons. The van der Waals surface area contributed by atoms with Gasteiger partial charge in [-0.1, -0.05) is 44.2 Å². The Bertz CT molecular complexity index is 797. The Morgan fingerprint density at radius 1 is 1.13 bits per heavy atom. The second-order valence-corrected chi connectivity index (χ2v) is 7.94. The lowest BCUT2D eigenvalue weighted by atomic mass is 10.0. The second-order valence-electron chi connectivity index (χ2n) is 7.94. The van der Waals surface area contributed by atoms with Crippen LogP contribution >= 0.6 is 0 Å². The summed E-state index contributed by atoms with van der Waals surface area (Å²) < 4.78 is 5.47. The van der Waals surface area contributed by atoms with Crippen molar-refractivity contribution in [3.8, 4) is 0 Å². The van der Waals surface area contributed by atoms with Crippen molar-refractivity contribution in [3.63, 3.8) is 0 Å². The van der Waals surface area contributed by atoms with Gasteiger partial charge in [-0.05, 0) is 36.0 Å². The molecule has 0 unspecified atom stereocenters. The molecule has 2 aromatic rings. The summed E-state index contributed by atoms with van der Waals surface area (Å²) in [6.45, 7) is 9.32.